The summed E-state index contributed by atoms with van der Waals surface area (Å²) in [5, 5.41) is 28.3. The smallest absolute Gasteiger partial charge is 0.338 e. The molecule has 0 atom stereocenters. The Morgan fingerprint density at radius 1 is 0.648 bits per heavy atom. The van der Waals surface area contributed by atoms with Gasteiger partial charge in [-0.2, -0.15) is 0 Å². The molecule has 0 unspecified atom stereocenters. The van der Waals surface area contributed by atoms with Crippen LogP contribution in [0.2, 0.25) is 0 Å². The van der Waals surface area contributed by atoms with E-state index in [9.17, 15) is 24.9 Å². The van der Waals surface area contributed by atoms with Gasteiger partial charge >= 0.3 is 11.9 Å². The molecule has 10 heteroatoms. The molecule has 0 saturated heterocycles. The van der Waals surface area contributed by atoms with E-state index in [0.717, 1.165) is 40.8 Å². The Kier molecular flexibility index (Phi) is 16.3. The first-order valence-electron chi connectivity index (χ1n) is 18.1. The quantitative estimate of drug-likeness (QED) is 0.0312. The minimum Gasteiger partial charge on any atom is -0.494 e. The fourth-order valence-corrected chi connectivity index (χ4v) is 5.41. The van der Waals surface area contributed by atoms with Gasteiger partial charge in [-0.25, -0.2) is 9.59 Å². The minimum atomic E-state index is -1.06. The molecule has 0 amide bonds. The Balaban J connectivity index is 1.78. The maximum absolute atomic E-state index is 12.9. The molecular weight excluding hydrogens is 688 g/mol. The summed E-state index contributed by atoms with van der Waals surface area (Å²) in [5.74, 6) is 0.0419. The maximum Gasteiger partial charge on any atom is 0.338 e. The van der Waals surface area contributed by atoms with E-state index in [0.29, 0.717) is 60.7 Å². The molecule has 0 heterocycles. The molecule has 3 N–H and O–H groups in total. The molecule has 0 aliphatic carbocycles. The Morgan fingerprint density at radius 3 is 1.83 bits per heavy atom. The van der Waals surface area contributed by atoms with Crippen molar-refractivity contribution in [3.05, 3.63) is 102 Å². The molecule has 4 aromatic carbocycles. The van der Waals surface area contributed by atoms with Gasteiger partial charge in [0.15, 0.2) is 11.5 Å². The SMILES string of the molecule is C=C(C)C(=O)Oc1cc(-c2ccc(-c3ccc(OCCCCOC)cc3)cc2)cc(-c2ccc(C=C(C)C(=O)O)c(OCCCO)c2)c1OCCCCO. The third-order valence-corrected chi connectivity index (χ3v) is 8.42. The fraction of sp³-hybridized carbons (Fsp3) is 0.318. The largest absolute Gasteiger partial charge is 0.494 e. The molecule has 0 aliphatic heterocycles. The third-order valence-electron chi connectivity index (χ3n) is 8.42. The van der Waals surface area contributed by atoms with Gasteiger partial charge in [-0.15, -0.1) is 0 Å². The van der Waals surface area contributed by atoms with Gasteiger partial charge in [0.1, 0.15) is 11.5 Å². The summed E-state index contributed by atoms with van der Waals surface area (Å²) in [4.78, 5) is 24.6. The van der Waals surface area contributed by atoms with Crippen molar-refractivity contribution in [1.29, 1.82) is 0 Å². The Morgan fingerprint density at radius 2 is 1.20 bits per heavy atom. The van der Waals surface area contributed by atoms with E-state index in [2.05, 4.69) is 6.58 Å². The highest BCUT2D eigenvalue weighted by Crippen LogP contribution is 2.44. The molecule has 0 fully saturated rings. The number of methoxy groups -OCH3 is 1. The Labute approximate surface area is 317 Å². The molecular formula is C44H50O10. The third kappa shape index (κ3) is 12.1. The lowest BCUT2D eigenvalue weighted by atomic mass is 9.95. The standard InChI is InChI=1S/C44H50O10/c1-30(2)44(49)54-41-29-37(34-12-10-32(11-13-34)33-16-18-38(19-17-33)51-23-8-7-22-50-4)27-39(42(41)53-24-6-5-20-45)35-14-15-36(26-31(3)43(47)48)40(28-35)52-25-9-21-46/h10-19,26-29,45-46H,1,5-9,20-25H2,2-4H3,(H,47,48). The second-order valence-electron chi connectivity index (χ2n) is 12.8. The number of unbranched alkanes of at least 4 members (excludes halogenated alkanes) is 2. The summed E-state index contributed by atoms with van der Waals surface area (Å²) in [7, 11) is 1.69. The lowest BCUT2D eigenvalue weighted by Gasteiger charge is -2.19. The molecule has 0 aromatic heterocycles. The second-order valence-corrected chi connectivity index (χ2v) is 12.8. The van der Waals surface area contributed by atoms with Crippen molar-refractivity contribution in [3.8, 4) is 56.4 Å². The van der Waals surface area contributed by atoms with Gasteiger partial charge in [0, 0.05) is 55.6 Å². The fourth-order valence-electron chi connectivity index (χ4n) is 5.41. The molecule has 0 spiro atoms. The zero-order valence-corrected chi connectivity index (χ0v) is 31.3. The minimum absolute atomic E-state index is 0.00909. The number of carboxylic acid groups (broad SMARTS) is 1. The maximum atomic E-state index is 12.9. The molecule has 10 nitrogen and oxygen atoms in total. The van der Waals surface area contributed by atoms with Crippen molar-refractivity contribution in [2.24, 2.45) is 0 Å². The first-order chi connectivity index (χ1) is 26.1. The average Bonchev–Trinajstić information content (AvgIpc) is 3.17. The van der Waals surface area contributed by atoms with Crippen molar-refractivity contribution >= 4 is 18.0 Å². The van der Waals surface area contributed by atoms with Gasteiger partial charge in [-0.05, 0) is 104 Å². The van der Waals surface area contributed by atoms with E-state index < -0.39 is 11.9 Å². The highest BCUT2D eigenvalue weighted by molar-refractivity contribution is 5.93. The number of rotatable bonds is 22. The van der Waals surface area contributed by atoms with Crippen LogP contribution in [0.5, 0.6) is 23.0 Å². The molecule has 0 radical (unpaired) electrons. The number of hydrogen-bond donors (Lipinski definition) is 3. The highest BCUT2D eigenvalue weighted by atomic mass is 16.6. The normalized spacial score (nSPS) is 11.2. The van der Waals surface area contributed by atoms with Crippen molar-refractivity contribution < 1.29 is 48.6 Å². The number of aliphatic hydroxyl groups excluding tert-OH is 2. The van der Waals surface area contributed by atoms with Crippen LogP contribution in [0.25, 0.3) is 39.5 Å². The topological polar surface area (TPSA) is 141 Å². The first-order valence-corrected chi connectivity index (χ1v) is 18.1. The molecule has 286 valence electrons. The van der Waals surface area contributed by atoms with Crippen LogP contribution in [-0.4, -0.2) is 74.0 Å². The van der Waals surface area contributed by atoms with Gasteiger partial charge in [0.25, 0.3) is 0 Å². The van der Waals surface area contributed by atoms with E-state index in [4.69, 9.17) is 23.7 Å². The van der Waals surface area contributed by atoms with E-state index in [-0.39, 0.29) is 43.3 Å². The predicted octanol–water partition coefficient (Wildman–Crippen LogP) is 8.37. The van der Waals surface area contributed by atoms with Crippen LogP contribution in [0.15, 0.2) is 96.6 Å². The van der Waals surface area contributed by atoms with Crippen LogP contribution in [0.3, 0.4) is 0 Å². The molecule has 4 aromatic rings. The molecule has 0 bridgehead atoms. The zero-order valence-electron chi connectivity index (χ0n) is 31.3. The van der Waals surface area contributed by atoms with Gasteiger partial charge in [0.2, 0.25) is 0 Å². The zero-order chi connectivity index (χ0) is 38.9. The second kappa shape index (κ2) is 21.3. The first kappa shape index (κ1) is 41.3. The van der Waals surface area contributed by atoms with Crippen LogP contribution in [-0.2, 0) is 14.3 Å². The van der Waals surface area contributed by atoms with Gasteiger partial charge in [0.05, 0.1) is 19.8 Å². The average molecular weight is 739 g/mol. The molecule has 54 heavy (non-hydrogen) atoms. The van der Waals surface area contributed by atoms with Crippen LogP contribution in [0, 0.1) is 0 Å². The van der Waals surface area contributed by atoms with E-state index in [1.54, 1.807) is 32.2 Å². The van der Waals surface area contributed by atoms with Crippen LogP contribution in [0.1, 0.15) is 51.5 Å². The number of aliphatic hydroxyl groups is 2. The number of esters is 1. The van der Waals surface area contributed by atoms with Gasteiger partial charge in [-0.3, -0.25) is 0 Å². The van der Waals surface area contributed by atoms with Crippen molar-refractivity contribution in [2.45, 2.75) is 46.0 Å². The Hall–Kier alpha value is -5.42. The van der Waals surface area contributed by atoms with Crippen LogP contribution >= 0.6 is 0 Å². The van der Waals surface area contributed by atoms with Gasteiger partial charge < -0.3 is 39.0 Å². The number of benzene rings is 4. The summed E-state index contributed by atoms with van der Waals surface area (Å²) < 4.78 is 29.2. The van der Waals surface area contributed by atoms with Crippen molar-refractivity contribution in [3.63, 3.8) is 0 Å². The predicted molar refractivity (Wildman–Crippen MR) is 210 cm³/mol. The van der Waals surface area contributed by atoms with Crippen molar-refractivity contribution in [2.75, 3.05) is 46.8 Å². The lowest BCUT2D eigenvalue weighted by molar-refractivity contribution is -0.132. The Bertz CT molecular complexity index is 1880. The summed E-state index contributed by atoms with van der Waals surface area (Å²) >= 11 is 0. The lowest BCUT2D eigenvalue weighted by Crippen LogP contribution is -2.11. The summed E-state index contributed by atoms with van der Waals surface area (Å²) in [5.41, 5.74) is 5.77. The highest BCUT2D eigenvalue weighted by Gasteiger charge is 2.21. The van der Waals surface area contributed by atoms with Crippen LogP contribution in [0.4, 0.5) is 0 Å². The van der Waals surface area contributed by atoms with Crippen LogP contribution < -0.4 is 18.9 Å². The van der Waals surface area contributed by atoms with Gasteiger partial charge in [-0.1, -0.05) is 55.1 Å². The van der Waals surface area contributed by atoms with Crippen molar-refractivity contribution in [1.82, 2.24) is 0 Å². The van der Waals surface area contributed by atoms with E-state index in [1.165, 1.54) is 13.0 Å². The number of carboxylic acids is 1. The van der Waals surface area contributed by atoms with E-state index in [1.807, 2.05) is 60.7 Å². The summed E-state index contributed by atoms with van der Waals surface area (Å²) in [6.07, 6.45) is 4.85. The monoisotopic (exact) mass is 738 g/mol. The molecule has 0 aliphatic rings. The van der Waals surface area contributed by atoms with E-state index >= 15 is 0 Å². The molecule has 0 saturated carbocycles. The number of ether oxygens (including phenoxy) is 5. The summed E-state index contributed by atoms with van der Waals surface area (Å²) in [6, 6.07) is 25.0. The summed E-state index contributed by atoms with van der Waals surface area (Å²) in [6.45, 7) is 8.55. The number of carbonyl (C=O) groups excluding carboxylic acids is 1. The number of hydrogen-bond acceptors (Lipinski definition) is 9. The molecule has 4 rings (SSSR count). The number of carbonyl (C=O) groups is 2. The number of aliphatic carboxylic acids is 1.